The SMILES string of the molecule is Cn1cc(-c2ccc3c(C(=O)C(NCCc4ccc(C(=O)O)cc4)c4ccccc4)c[nH]c3c2)cn1. The minimum Gasteiger partial charge on any atom is -0.478 e. The molecule has 0 aliphatic heterocycles. The number of carbonyl (C=O) groups excluding carboxylic acids is 1. The second-order valence-electron chi connectivity index (χ2n) is 8.78. The molecule has 7 heteroatoms. The maximum Gasteiger partial charge on any atom is 0.335 e. The quantitative estimate of drug-likeness (QED) is 0.258. The van der Waals surface area contributed by atoms with E-state index in [-0.39, 0.29) is 11.3 Å². The zero-order valence-electron chi connectivity index (χ0n) is 19.8. The maximum absolute atomic E-state index is 13.8. The van der Waals surface area contributed by atoms with Gasteiger partial charge in [0.15, 0.2) is 5.78 Å². The van der Waals surface area contributed by atoms with E-state index in [4.69, 9.17) is 5.11 Å². The molecule has 0 saturated heterocycles. The first-order chi connectivity index (χ1) is 17.5. The molecule has 2 aromatic heterocycles. The normalized spacial score (nSPS) is 12.0. The van der Waals surface area contributed by atoms with Crippen LogP contribution in [-0.2, 0) is 13.5 Å². The highest BCUT2D eigenvalue weighted by Gasteiger charge is 2.24. The van der Waals surface area contributed by atoms with Gasteiger partial charge in [-0.3, -0.25) is 9.48 Å². The van der Waals surface area contributed by atoms with Gasteiger partial charge >= 0.3 is 5.97 Å². The highest BCUT2D eigenvalue weighted by Crippen LogP contribution is 2.28. The van der Waals surface area contributed by atoms with Crippen molar-refractivity contribution < 1.29 is 14.7 Å². The molecule has 0 radical (unpaired) electrons. The van der Waals surface area contributed by atoms with Crippen molar-refractivity contribution >= 4 is 22.7 Å². The van der Waals surface area contributed by atoms with Gasteiger partial charge in [-0.15, -0.1) is 0 Å². The molecular formula is C29H26N4O3. The van der Waals surface area contributed by atoms with Crippen LogP contribution in [0.15, 0.2) is 91.4 Å². The molecule has 0 aliphatic rings. The number of ketones is 1. The summed E-state index contributed by atoms with van der Waals surface area (Å²) in [6.45, 7) is 0.561. The molecule has 3 aromatic carbocycles. The molecule has 36 heavy (non-hydrogen) atoms. The standard InChI is InChI=1S/C29H26N4O3/c1-33-18-23(16-32-33)22-11-12-24-25(17-31-26(24)15-22)28(34)27(20-5-3-2-4-6-20)30-14-13-19-7-9-21(10-8-19)29(35)36/h2-12,15-18,27,30-31H,13-14H2,1H3,(H,35,36). The van der Waals surface area contributed by atoms with Crippen molar-refractivity contribution in [2.24, 2.45) is 7.05 Å². The fourth-order valence-electron chi connectivity index (χ4n) is 4.42. The molecule has 0 saturated carbocycles. The number of carboxylic acids is 1. The molecule has 1 atom stereocenters. The van der Waals surface area contributed by atoms with E-state index < -0.39 is 12.0 Å². The number of nitrogens with one attached hydrogen (secondary N) is 2. The number of H-pyrrole nitrogens is 1. The fourth-order valence-corrected chi connectivity index (χ4v) is 4.42. The highest BCUT2D eigenvalue weighted by atomic mass is 16.4. The lowest BCUT2D eigenvalue weighted by atomic mass is 9.96. The van der Waals surface area contributed by atoms with Crippen LogP contribution in [0.2, 0.25) is 0 Å². The molecule has 1 unspecified atom stereocenters. The van der Waals surface area contributed by atoms with E-state index in [0.29, 0.717) is 18.5 Å². The maximum atomic E-state index is 13.8. The van der Waals surface area contributed by atoms with Gasteiger partial charge in [0.2, 0.25) is 0 Å². The first kappa shape index (κ1) is 23.3. The van der Waals surface area contributed by atoms with Crippen molar-refractivity contribution in [1.82, 2.24) is 20.1 Å². The number of aromatic nitrogens is 3. The van der Waals surface area contributed by atoms with Crippen LogP contribution in [-0.4, -0.2) is 38.2 Å². The summed E-state index contributed by atoms with van der Waals surface area (Å²) in [7, 11) is 1.88. The summed E-state index contributed by atoms with van der Waals surface area (Å²) in [5, 5.41) is 17.6. The zero-order chi connectivity index (χ0) is 25.1. The number of benzene rings is 3. The highest BCUT2D eigenvalue weighted by molar-refractivity contribution is 6.11. The number of aromatic carboxylic acids is 1. The third kappa shape index (κ3) is 4.82. The summed E-state index contributed by atoms with van der Waals surface area (Å²) < 4.78 is 1.76. The topological polar surface area (TPSA) is 100 Å². The van der Waals surface area contributed by atoms with Crippen LogP contribution in [0, 0.1) is 0 Å². The predicted octanol–water partition coefficient (Wildman–Crippen LogP) is 5.02. The Morgan fingerprint density at radius 3 is 2.50 bits per heavy atom. The molecule has 0 aliphatic carbocycles. The van der Waals surface area contributed by atoms with Crippen LogP contribution in [0.5, 0.6) is 0 Å². The number of carbonyl (C=O) groups is 2. The summed E-state index contributed by atoms with van der Waals surface area (Å²) in [6, 6.07) is 22.0. The Labute approximate surface area is 208 Å². The van der Waals surface area contributed by atoms with Crippen LogP contribution in [0.25, 0.3) is 22.0 Å². The predicted molar refractivity (Wildman–Crippen MR) is 139 cm³/mol. The smallest absolute Gasteiger partial charge is 0.335 e. The van der Waals surface area contributed by atoms with Gasteiger partial charge in [0.25, 0.3) is 0 Å². The molecule has 180 valence electrons. The second kappa shape index (κ2) is 10.0. The Morgan fingerprint density at radius 1 is 1.03 bits per heavy atom. The van der Waals surface area contributed by atoms with Crippen LogP contribution in [0.3, 0.4) is 0 Å². The summed E-state index contributed by atoms with van der Waals surface area (Å²) in [4.78, 5) is 28.1. The third-order valence-electron chi connectivity index (χ3n) is 6.34. The summed E-state index contributed by atoms with van der Waals surface area (Å²) in [6.07, 6.45) is 6.22. The summed E-state index contributed by atoms with van der Waals surface area (Å²) in [5.74, 6) is -0.955. The average Bonchev–Trinajstić information content (AvgIpc) is 3.53. The van der Waals surface area contributed by atoms with Crippen molar-refractivity contribution in [3.63, 3.8) is 0 Å². The molecule has 5 rings (SSSR count). The largest absolute Gasteiger partial charge is 0.478 e. The van der Waals surface area contributed by atoms with Crippen LogP contribution < -0.4 is 5.32 Å². The summed E-state index contributed by atoms with van der Waals surface area (Å²) in [5.41, 5.74) is 5.73. The Hall–Kier alpha value is -4.49. The summed E-state index contributed by atoms with van der Waals surface area (Å²) >= 11 is 0. The van der Waals surface area contributed by atoms with Crippen LogP contribution in [0.4, 0.5) is 0 Å². The van der Waals surface area contributed by atoms with E-state index in [1.54, 1.807) is 23.0 Å². The van der Waals surface area contributed by atoms with E-state index in [2.05, 4.69) is 15.4 Å². The molecule has 0 spiro atoms. The van der Waals surface area contributed by atoms with E-state index in [1.807, 2.05) is 80.1 Å². The number of nitrogens with zero attached hydrogens (tertiary/aromatic N) is 2. The second-order valence-corrected chi connectivity index (χ2v) is 8.78. The van der Waals surface area contributed by atoms with Crippen molar-refractivity contribution in [3.8, 4) is 11.1 Å². The van der Waals surface area contributed by atoms with E-state index in [9.17, 15) is 9.59 Å². The third-order valence-corrected chi connectivity index (χ3v) is 6.34. The number of rotatable bonds is 9. The van der Waals surface area contributed by atoms with Crippen molar-refractivity contribution in [2.45, 2.75) is 12.5 Å². The molecule has 3 N–H and O–H groups in total. The van der Waals surface area contributed by atoms with E-state index in [1.165, 1.54) is 0 Å². The average molecular weight is 479 g/mol. The van der Waals surface area contributed by atoms with Gasteiger partial charge in [0.05, 0.1) is 17.8 Å². The first-order valence-electron chi connectivity index (χ1n) is 11.7. The number of carboxylic acid groups (broad SMARTS) is 1. The van der Waals surface area contributed by atoms with Crippen molar-refractivity contribution in [2.75, 3.05) is 6.54 Å². The van der Waals surface area contributed by atoms with Crippen LogP contribution >= 0.6 is 0 Å². The minimum absolute atomic E-state index is 0.0113. The monoisotopic (exact) mass is 478 g/mol. The Balaban J connectivity index is 1.37. The molecule has 5 aromatic rings. The van der Waals surface area contributed by atoms with Crippen LogP contribution in [0.1, 0.15) is 37.9 Å². The van der Waals surface area contributed by atoms with Crippen molar-refractivity contribution in [3.05, 3.63) is 114 Å². The van der Waals surface area contributed by atoms with E-state index in [0.717, 1.165) is 33.2 Å². The lowest BCUT2D eigenvalue weighted by Gasteiger charge is -2.18. The Bertz CT molecular complexity index is 1520. The molecule has 7 nitrogen and oxygen atoms in total. The van der Waals surface area contributed by atoms with Crippen molar-refractivity contribution in [1.29, 1.82) is 0 Å². The number of Topliss-reactive ketones (excluding diaryl/α,β-unsaturated/α-hetero) is 1. The molecule has 2 heterocycles. The molecule has 0 fully saturated rings. The van der Waals surface area contributed by atoms with Gasteiger partial charge in [-0.1, -0.05) is 54.6 Å². The van der Waals surface area contributed by atoms with E-state index >= 15 is 0 Å². The number of aryl methyl sites for hydroxylation is 1. The first-order valence-corrected chi connectivity index (χ1v) is 11.7. The van der Waals surface area contributed by atoms with Gasteiger partial charge in [-0.25, -0.2) is 4.79 Å². The zero-order valence-corrected chi connectivity index (χ0v) is 19.8. The number of hydrogen-bond acceptors (Lipinski definition) is 4. The Morgan fingerprint density at radius 2 is 1.81 bits per heavy atom. The van der Waals surface area contributed by atoms with Gasteiger partial charge in [-0.2, -0.15) is 5.10 Å². The fraction of sp³-hybridized carbons (Fsp3) is 0.138. The minimum atomic E-state index is -0.944. The number of fused-ring (bicyclic) bond motifs is 1. The number of aromatic amines is 1. The van der Waals surface area contributed by atoms with Gasteiger partial charge in [0.1, 0.15) is 0 Å². The Kier molecular flexibility index (Phi) is 6.47. The molecular weight excluding hydrogens is 452 g/mol. The lowest BCUT2D eigenvalue weighted by Crippen LogP contribution is -2.30. The lowest BCUT2D eigenvalue weighted by molar-refractivity contribution is 0.0696. The molecule has 0 bridgehead atoms. The van der Waals surface area contributed by atoms with Gasteiger partial charge in [0, 0.05) is 48.0 Å². The number of hydrogen-bond donors (Lipinski definition) is 3. The van der Waals surface area contributed by atoms with Gasteiger partial charge < -0.3 is 15.4 Å². The molecule has 0 amide bonds. The van der Waals surface area contributed by atoms with Gasteiger partial charge in [-0.05, 0) is 41.3 Å².